The van der Waals surface area contributed by atoms with Gasteiger partial charge in [-0.15, -0.1) is 0 Å². The van der Waals surface area contributed by atoms with E-state index in [0.717, 1.165) is 10.2 Å². The fraction of sp³-hybridized carbons (Fsp3) is 0.273. The number of benzene rings is 2. The molecule has 2 aromatic carbocycles. The Morgan fingerprint density at radius 3 is 2.53 bits per heavy atom. The van der Waals surface area contributed by atoms with E-state index in [1.54, 1.807) is 24.3 Å². The zero-order valence-electron chi connectivity index (χ0n) is 17.0. The highest BCUT2D eigenvalue weighted by Crippen LogP contribution is 2.46. The van der Waals surface area contributed by atoms with Crippen LogP contribution in [0.15, 0.2) is 54.6 Å². The Morgan fingerprint density at radius 1 is 1.22 bits per heavy atom. The molecule has 2 heterocycles. The summed E-state index contributed by atoms with van der Waals surface area (Å²) in [5, 5.41) is 9.46. The molecule has 4 rings (SSSR count). The van der Waals surface area contributed by atoms with Gasteiger partial charge in [-0.1, -0.05) is 54.1 Å². The summed E-state index contributed by atoms with van der Waals surface area (Å²) in [6.07, 6.45) is -4.87. The predicted molar refractivity (Wildman–Crippen MR) is 114 cm³/mol. The van der Waals surface area contributed by atoms with Crippen LogP contribution in [0.25, 0.3) is 0 Å². The van der Waals surface area contributed by atoms with Crippen LogP contribution in [0, 0.1) is 0 Å². The van der Waals surface area contributed by atoms with Crippen LogP contribution in [0.2, 0.25) is 5.02 Å². The number of halogens is 4. The Morgan fingerprint density at radius 2 is 1.91 bits per heavy atom. The maximum Gasteiger partial charge on any atom is 0.410 e. The van der Waals surface area contributed by atoms with Crippen LogP contribution < -0.4 is 15.4 Å². The molecule has 2 atom stereocenters. The van der Waals surface area contributed by atoms with Gasteiger partial charge in [0.2, 0.25) is 0 Å². The molecule has 1 aliphatic rings. The van der Waals surface area contributed by atoms with E-state index in [9.17, 15) is 18.0 Å². The molecule has 32 heavy (non-hydrogen) atoms. The first-order chi connectivity index (χ1) is 15.3. The summed E-state index contributed by atoms with van der Waals surface area (Å²) in [7, 11) is 1.51. The van der Waals surface area contributed by atoms with Crippen molar-refractivity contribution >= 4 is 23.3 Å². The largest absolute Gasteiger partial charge is 0.497 e. The highest BCUT2D eigenvalue weighted by atomic mass is 35.5. The fourth-order valence-electron chi connectivity index (χ4n) is 3.65. The molecule has 1 amide bonds. The molecule has 0 bridgehead atoms. The molecule has 168 valence electrons. The molecular formula is C22H20ClF3N4O2. The molecule has 2 unspecified atom stereocenters. The summed E-state index contributed by atoms with van der Waals surface area (Å²) in [6.45, 7) is 0.197. The zero-order chi connectivity index (χ0) is 22.9. The number of aromatic nitrogens is 2. The van der Waals surface area contributed by atoms with E-state index >= 15 is 0 Å². The zero-order valence-corrected chi connectivity index (χ0v) is 17.7. The van der Waals surface area contributed by atoms with Gasteiger partial charge in [0.25, 0.3) is 5.91 Å². The van der Waals surface area contributed by atoms with Crippen molar-refractivity contribution in [1.29, 1.82) is 0 Å². The van der Waals surface area contributed by atoms with Crippen molar-refractivity contribution in [2.24, 2.45) is 0 Å². The number of nitrogens with zero attached hydrogens (tertiary/aromatic N) is 2. The summed E-state index contributed by atoms with van der Waals surface area (Å²) in [5.74, 6) is -0.0900. The van der Waals surface area contributed by atoms with Crippen LogP contribution in [0.1, 0.15) is 40.1 Å². The third-order valence-corrected chi connectivity index (χ3v) is 5.68. The molecular weight excluding hydrogens is 445 g/mol. The number of methoxy groups -OCH3 is 1. The van der Waals surface area contributed by atoms with Crippen molar-refractivity contribution < 1.29 is 22.7 Å². The van der Waals surface area contributed by atoms with Crippen LogP contribution in [-0.4, -0.2) is 29.0 Å². The average molecular weight is 465 g/mol. The second-order valence-electron chi connectivity index (χ2n) is 7.39. The van der Waals surface area contributed by atoms with Gasteiger partial charge in [-0.05, 0) is 23.3 Å². The number of anilines is 1. The lowest BCUT2D eigenvalue weighted by Gasteiger charge is -2.33. The van der Waals surface area contributed by atoms with Gasteiger partial charge in [0.05, 0.1) is 13.2 Å². The third-order valence-electron chi connectivity index (χ3n) is 5.32. The summed E-state index contributed by atoms with van der Waals surface area (Å²) >= 11 is 6.34. The summed E-state index contributed by atoms with van der Waals surface area (Å²) < 4.78 is 47.5. The Hall–Kier alpha value is -3.20. The Bertz CT molecular complexity index is 1100. The van der Waals surface area contributed by atoms with E-state index < -0.39 is 24.2 Å². The van der Waals surface area contributed by atoms with Crippen LogP contribution in [-0.2, 0) is 6.54 Å². The molecule has 3 aromatic rings. The topological polar surface area (TPSA) is 68.2 Å². The first-order valence-corrected chi connectivity index (χ1v) is 10.2. The SMILES string of the molecule is COc1ccc(C2CC(C(F)(F)F)n3nc(C(=O)NCc4ccccc4)c(Cl)c3N2)cc1. The number of carbonyl (C=O) groups is 1. The van der Waals surface area contributed by atoms with E-state index in [1.807, 2.05) is 30.3 Å². The quantitative estimate of drug-likeness (QED) is 0.549. The first-order valence-electron chi connectivity index (χ1n) is 9.85. The minimum absolute atomic E-state index is 0.0362. The number of fused-ring (bicyclic) bond motifs is 1. The highest BCUT2D eigenvalue weighted by molar-refractivity contribution is 6.36. The lowest BCUT2D eigenvalue weighted by Crippen LogP contribution is -2.35. The summed E-state index contributed by atoms with van der Waals surface area (Å²) in [4.78, 5) is 12.6. The number of amides is 1. The Labute approximate surface area is 187 Å². The van der Waals surface area contributed by atoms with E-state index in [4.69, 9.17) is 16.3 Å². The van der Waals surface area contributed by atoms with Gasteiger partial charge in [-0.25, -0.2) is 4.68 Å². The van der Waals surface area contributed by atoms with Crippen molar-refractivity contribution in [2.45, 2.75) is 31.2 Å². The second-order valence-corrected chi connectivity index (χ2v) is 7.77. The molecule has 0 spiro atoms. The fourth-order valence-corrected chi connectivity index (χ4v) is 3.92. The Balaban J connectivity index is 1.63. The minimum atomic E-state index is -4.57. The van der Waals surface area contributed by atoms with Crippen molar-refractivity contribution in [2.75, 3.05) is 12.4 Å². The van der Waals surface area contributed by atoms with Crippen molar-refractivity contribution in [3.8, 4) is 5.75 Å². The normalized spacial score (nSPS) is 17.9. The smallest absolute Gasteiger partial charge is 0.410 e. The van der Waals surface area contributed by atoms with E-state index in [-0.39, 0.29) is 29.5 Å². The molecule has 0 saturated carbocycles. The second kappa shape index (κ2) is 8.74. The van der Waals surface area contributed by atoms with Crippen LogP contribution >= 0.6 is 11.6 Å². The predicted octanol–water partition coefficient (Wildman–Crippen LogP) is 5.14. The number of rotatable bonds is 5. The van der Waals surface area contributed by atoms with Crippen LogP contribution in [0.5, 0.6) is 5.75 Å². The monoisotopic (exact) mass is 464 g/mol. The molecule has 6 nitrogen and oxygen atoms in total. The first kappa shape index (κ1) is 22.0. The van der Waals surface area contributed by atoms with Crippen molar-refractivity contribution in [3.05, 3.63) is 76.4 Å². The molecule has 1 aliphatic heterocycles. The third kappa shape index (κ3) is 4.38. The lowest BCUT2D eigenvalue weighted by atomic mass is 9.97. The van der Waals surface area contributed by atoms with Crippen LogP contribution in [0.3, 0.4) is 0 Å². The summed E-state index contributed by atoms with van der Waals surface area (Å²) in [6, 6.07) is 13.3. The molecule has 1 aromatic heterocycles. The maximum absolute atomic E-state index is 13.9. The van der Waals surface area contributed by atoms with E-state index in [2.05, 4.69) is 15.7 Å². The van der Waals surface area contributed by atoms with Gasteiger partial charge in [-0.3, -0.25) is 4.79 Å². The average Bonchev–Trinajstić information content (AvgIpc) is 3.13. The molecule has 0 radical (unpaired) electrons. The lowest BCUT2D eigenvalue weighted by molar-refractivity contribution is -0.173. The van der Waals surface area contributed by atoms with Gasteiger partial charge in [0.15, 0.2) is 11.7 Å². The molecule has 0 fully saturated rings. The molecule has 10 heteroatoms. The minimum Gasteiger partial charge on any atom is -0.497 e. The molecule has 2 N–H and O–H groups in total. The standard InChI is InChI=1S/C22H20ClF3N4O2/c1-32-15-9-7-14(8-10-15)16-11-17(22(24,25)26)30-20(28-16)18(23)19(29-30)21(31)27-12-13-5-3-2-4-6-13/h2-10,16-17,28H,11-12H2,1H3,(H,27,31). The van der Waals surface area contributed by atoms with Gasteiger partial charge in [0.1, 0.15) is 16.6 Å². The van der Waals surface area contributed by atoms with Crippen LogP contribution in [0.4, 0.5) is 19.0 Å². The number of hydrogen-bond donors (Lipinski definition) is 2. The highest BCUT2D eigenvalue weighted by Gasteiger charge is 2.47. The number of ether oxygens (including phenoxy) is 1. The van der Waals surface area contributed by atoms with E-state index in [1.165, 1.54) is 7.11 Å². The van der Waals surface area contributed by atoms with E-state index in [0.29, 0.717) is 11.3 Å². The van der Waals surface area contributed by atoms with Crippen molar-refractivity contribution in [1.82, 2.24) is 15.1 Å². The number of carbonyl (C=O) groups excluding carboxylic acids is 1. The maximum atomic E-state index is 13.9. The number of alkyl halides is 3. The molecule has 0 saturated heterocycles. The molecule has 0 aliphatic carbocycles. The number of nitrogens with one attached hydrogen (secondary N) is 2. The summed E-state index contributed by atoms with van der Waals surface area (Å²) in [5.41, 5.74) is 1.22. The van der Waals surface area contributed by atoms with Gasteiger partial charge < -0.3 is 15.4 Å². The Kier molecular flexibility index (Phi) is 6.01. The number of hydrogen-bond acceptors (Lipinski definition) is 4. The van der Waals surface area contributed by atoms with Gasteiger partial charge >= 0.3 is 6.18 Å². The van der Waals surface area contributed by atoms with Gasteiger partial charge in [0, 0.05) is 13.0 Å². The van der Waals surface area contributed by atoms with Crippen molar-refractivity contribution in [3.63, 3.8) is 0 Å². The van der Waals surface area contributed by atoms with Gasteiger partial charge in [-0.2, -0.15) is 18.3 Å².